The third kappa shape index (κ3) is 4.14. The van der Waals surface area contributed by atoms with E-state index >= 15 is 0 Å². The lowest BCUT2D eigenvalue weighted by molar-refractivity contribution is 0.327. The first kappa shape index (κ1) is 11.8. The summed E-state index contributed by atoms with van der Waals surface area (Å²) < 4.78 is 5.52. The molecule has 0 aliphatic heterocycles. The summed E-state index contributed by atoms with van der Waals surface area (Å²) in [5.41, 5.74) is 6.48. The van der Waals surface area contributed by atoms with Crippen LogP contribution in [0.3, 0.4) is 0 Å². The van der Waals surface area contributed by atoms with Gasteiger partial charge in [-0.05, 0) is 13.1 Å². The van der Waals surface area contributed by atoms with E-state index in [1.807, 2.05) is 37.4 Å². The molecule has 0 saturated heterocycles. The van der Waals surface area contributed by atoms with Crippen LogP contribution in [0.2, 0.25) is 0 Å². The highest BCUT2D eigenvalue weighted by atomic mass is 16.5. The van der Waals surface area contributed by atoms with E-state index < -0.39 is 0 Å². The molecule has 3 nitrogen and oxygen atoms in total. The van der Waals surface area contributed by atoms with Gasteiger partial charge in [0.25, 0.3) is 0 Å². The van der Waals surface area contributed by atoms with E-state index in [1.165, 1.54) is 0 Å². The van der Waals surface area contributed by atoms with Crippen LogP contribution in [0.4, 0.5) is 0 Å². The van der Waals surface area contributed by atoms with Crippen molar-refractivity contribution in [1.82, 2.24) is 5.32 Å². The van der Waals surface area contributed by atoms with Crippen LogP contribution < -0.4 is 15.8 Å². The van der Waals surface area contributed by atoms with Gasteiger partial charge < -0.3 is 15.8 Å². The number of ether oxygens (including phenoxy) is 1. The fraction of sp³-hybridized carbons (Fsp3) is 0.333. The average Bonchev–Trinajstić information content (AvgIpc) is 2.28. The molecule has 3 N–H and O–H groups in total. The highest BCUT2D eigenvalue weighted by molar-refractivity contribution is 5.57. The van der Waals surface area contributed by atoms with E-state index in [0.717, 1.165) is 17.9 Å². The Balaban J connectivity index is 2.67. The first-order valence-electron chi connectivity index (χ1n) is 5.11. The van der Waals surface area contributed by atoms with E-state index in [0.29, 0.717) is 13.2 Å². The van der Waals surface area contributed by atoms with Gasteiger partial charge in [0.1, 0.15) is 12.4 Å². The normalized spacial score (nSPS) is 10.8. The van der Waals surface area contributed by atoms with E-state index in [2.05, 4.69) is 11.4 Å². The molecule has 0 aliphatic carbocycles. The minimum Gasteiger partial charge on any atom is -0.492 e. The lowest BCUT2D eigenvalue weighted by Crippen LogP contribution is -2.11. The number of rotatable bonds is 6. The monoisotopic (exact) mass is 206 g/mol. The van der Waals surface area contributed by atoms with Gasteiger partial charge in [0.2, 0.25) is 0 Å². The molecule has 0 amide bonds. The smallest absolute Gasteiger partial charge is 0.126 e. The van der Waals surface area contributed by atoms with Crippen molar-refractivity contribution in [2.45, 2.75) is 0 Å². The third-order valence-corrected chi connectivity index (χ3v) is 1.91. The van der Waals surface area contributed by atoms with E-state index in [9.17, 15) is 0 Å². The van der Waals surface area contributed by atoms with Crippen molar-refractivity contribution in [3.63, 3.8) is 0 Å². The van der Waals surface area contributed by atoms with Crippen molar-refractivity contribution in [3.05, 3.63) is 35.9 Å². The Morgan fingerprint density at radius 3 is 2.93 bits per heavy atom. The molecule has 0 aromatic heterocycles. The summed E-state index contributed by atoms with van der Waals surface area (Å²) in [6.45, 7) is 1.94. The molecule has 0 heterocycles. The molecule has 1 aromatic rings. The van der Waals surface area contributed by atoms with Gasteiger partial charge in [-0.15, -0.1) is 0 Å². The van der Waals surface area contributed by atoms with Crippen molar-refractivity contribution >= 4 is 6.08 Å². The number of hydrogen-bond acceptors (Lipinski definition) is 3. The minimum absolute atomic E-state index is 0.536. The molecule has 0 unspecified atom stereocenters. The van der Waals surface area contributed by atoms with Crippen LogP contribution in [0.25, 0.3) is 6.08 Å². The molecule has 0 radical (unpaired) electrons. The Hall–Kier alpha value is -1.32. The Labute approximate surface area is 90.9 Å². The molecule has 0 spiro atoms. The number of hydrogen-bond donors (Lipinski definition) is 2. The number of para-hydroxylation sites is 1. The van der Waals surface area contributed by atoms with Crippen molar-refractivity contribution in [3.8, 4) is 5.75 Å². The summed E-state index contributed by atoms with van der Waals surface area (Å²) in [5.74, 6) is 0.885. The van der Waals surface area contributed by atoms with Crippen LogP contribution >= 0.6 is 0 Å². The number of nitrogens with two attached hydrogens (primary N) is 1. The molecule has 82 valence electrons. The standard InChI is InChI=1S/C12H18N2O/c1-14-9-4-6-11-5-2-3-7-12(11)15-10-8-13/h2-7,14H,8-10,13H2,1H3. The highest BCUT2D eigenvalue weighted by Crippen LogP contribution is 2.18. The molecular formula is C12H18N2O. The number of nitrogens with one attached hydrogen (secondary N) is 1. The Morgan fingerprint density at radius 1 is 1.40 bits per heavy atom. The molecule has 0 saturated carbocycles. The van der Waals surface area contributed by atoms with Gasteiger partial charge in [0.05, 0.1) is 0 Å². The summed E-state index contributed by atoms with van der Waals surface area (Å²) in [6.07, 6.45) is 4.10. The van der Waals surface area contributed by atoms with Gasteiger partial charge in [0, 0.05) is 18.7 Å². The zero-order valence-electron chi connectivity index (χ0n) is 9.07. The highest BCUT2D eigenvalue weighted by Gasteiger charge is 1.97. The van der Waals surface area contributed by atoms with Crippen LogP contribution in [-0.4, -0.2) is 26.7 Å². The largest absolute Gasteiger partial charge is 0.492 e. The van der Waals surface area contributed by atoms with E-state index in [1.54, 1.807) is 0 Å². The lowest BCUT2D eigenvalue weighted by Gasteiger charge is -2.07. The Kier molecular flexibility index (Phi) is 5.51. The molecule has 0 atom stereocenters. The fourth-order valence-electron chi connectivity index (χ4n) is 1.22. The van der Waals surface area contributed by atoms with Gasteiger partial charge >= 0.3 is 0 Å². The van der Waals surface area contributed by atoms with Crippen molar-refractivity contribution < 1.29 is 4.74 Å². The first-order chi connectivity index (χ1) is 7.38. The van der Waals surface area contributed by atoms with Gasteiger partial charge in [0.15, 0.2) is 0 Å². The molecule has 0 aliphatic rings. The molecule has 1 aromatic carbocycles. The summed E-state index contributed by atoms with van der Waals surface area (Å²) in [5, 5.41) is 3.05. The Morgan fingerprint density at radius 2 is 2.20 bits per heavy atom. The predicted molar refractivity (Wildman–Crippen MR) is 64.0 cm³/mol. The molecule has 0 fully saturated rings. The van der Waals surface area contributed by atoms with E-state index in [4.69, 9.17) is 10.5 Å². The van der Waals surface area contributed by atoms with Crippen LogP contribution in [0.5, 0.6) is 5.75 Å². The van der Waals surface area contributed by atoms with Gasteiger partial charge in [-0.2, -0.15) is 0 Å². The zero-order valence-corrected chi connectivity index (χ0v) is 9.07. The SMILES string of the molecule is CNCC=Cc1ccccc1OCCN. The molecular weight excluding hydrogens is 188 g/mol. The summed E-state index contributed by atoms with van der Waals surface area (Å²) >= 11 is 0. The maximum absolute atomic E-state index is 5.52. The Bertz CT molecular complexity index is 310. The summed E-state index contributed by atoms with van der Waals surface area (Å²) in [4.78, 5) is 0. The van der Waals surface area contributed by atoms with Crippen LogP contribution in [-0.2, 0) is 0 Å². The van der Waals surface area contributed by atoms with Gasteiger partial charge in [-0.3, -0.25) is 0 Å². The quantitative estimate of drug-likeness (QED) is 0.736. The van der Waals surface area contributed by atoms with Gasteiger partial charge in [-0.1, -0.05) is 30.4 Å². The second kappa shape index (κ2) is 7.04. The lowest BCUT2D eigenvalue weighted by atomic mass is 10.2. The minimum atomic E-state index is 0.536. The third-order valence-electron chi connectivity index (χ3n) is 1.91. The van der Waals surface area contributed by atoms with Crippen LogP contribution in [0.1, 0.15) is 5.56 Å². The zero-order chi connectivity index (χ0) is 10.9. The van der Waals surface area contributed by atoms with Crippen LogP contribution in [0.15, 0.2) is 30.3 Å². The maximum Gasteiger partial charge on any atom is 0.126 e. The average molecular weight is 206 g/mol. The molecule has 3 heteroatoms. The second-order valence-corrected chi connectivity index (χ2v) is 3.14. The fourth-order valence-corrected chi connectivity index (χ4v) is 1.22. The van der Waals surface area contributed by atoms with Crippen LogP contribution in [0, 0.1) is 0 Å². The molecule has 15 heavy (non-hydrogen) atoms. The van der Waals surface area contributed by atoms with Crippen molar-refractivity contribution in [2.24, 2.45) is 5.73 Å². The predicted octanol–water partition coefficient (Wildman–Crippen LogP) is 1.26. The number of benzene rings is 1. The summed E-state index contributed by atoms with van der Waals surface area (Å²) in [7, 11) is 1.92. The maximum atomic E-state index is 5.52. The van der Waals surface area contributed by atoms with E-state index in [-0.39, 0.29) is 0 Å². The topological polar surface area (TPSA) is 47.3 Å². The summed E-state index contributed by atoms with van der Waals surface area (Å²) in [6, 6.07) is 7.93. The van der Waals surface area contributed by atoms with Crippen molar-refractivity contribution in [1.29, 1.82) is 0 Å². The second-order valence-electron chi connectivity index (χ2n) is 3.14. The number of likely N-dealkylation sites (N-methyl/N-ethyl adjacent to an activating group) is 1. The molecule has 0 bridgehead atoms. The first-order valence-corrected chi connectivity index (χ1v) is 5.11. The molecule has 1 rings (SSSR count). The van der Waals surface area contributed by atoms with Crippen molar-refractivity contribution in [2.75, 3.05) is 26.7 Å². The van der Waals surface area contributed by atoms with Gasteiger partial charge in [-0.25, -0.2) is 0 Å².